The maximum atomic E-state index is 11.6. The number of likely N-dealkylation sites (tertiary alicyclic amines) is 1. The van der Waals surface area contributed by atoms with Crippen molar-refractivity contribution in [3.05, 3.63) is 23.9 Å². The highest BCUT2D eigenvalue weighted by atomic mass is 16.1. The molecule has 2 saturated heterocycles. The molecule has 2 aliphatic rings. The van der Waals surface area contributed by atoms with Crippen molar-refractivity contribution in [3.63, 3.8) is 0 Å². The molecule has 0 saturated carbocycles. The normalized spacial score (nSPS) is 23.2. The predicted molar refractivity (Wildman–Crippen MR) is 102 cm³/mol. The summed E-state index contributed by atoms with van der Waals surface area (Å²) in [5.74, 6) is 1.99. The van der Waals surface area contributed by atoms with Gasteiger partial charge < -0.3 is 15.5 Å². The number of pyridine rings is 1. The second kappa shape index (κ2) is 7.32. The van der Waals surface area contributed by atoms with Crippen LogP contribution in [0.15, 0.2) is 18.3 Å². The highest BCUT2D eigenvalue weighted by molar-refractivity contribution is 5.97. The van der Waals surface area contributed by atoms with Crippen LogP contribution in [0.1, 0.15) is 50.4 Å². The molecule has 2 N–H and O–H groups in total. The number of carbonyl (C=O) groups is 1. The highest BCUT2D eigenvalue weighted by Gasteiger charge is 2.33. The number of amides is 1. The van der Waals surface area contributed by atoms with Gasteiger partial charge in [-0.1, -0.05) is 20.8 Å². The molecule has 2 aliphatic heterocycles. The van der Waals surface area contributed by atoms with E-state index in [2.05, 4.69) is 35.6 Å². The van der Waals surface area contributed by atoms with Crippen LogP contribution < -0.4 is 10.6 Å². The second-order valence-corrected chi connectivity index (χ2v) is 8.91. The van der Waals surface area contributed by atoms with Crippen LogP contribution in [-0.4, -0.2) is 48.5 Å². The van der Waals surface area contributed by atoms with Crippen molar-refractivity contribution in [1.82, 2.24) is 9.88 Å². The van der Waals surface area contributed by atoms with E-state index in [1.807, 2.05) is 0 Å². The summed E-state index contributed by atoms with van der Waals surface area (Å²) >= 11 is 0. The lowest BCUT2D eigenvalue weighted by Gasteiger charge is -2.36. The summed E-state index contributed by atoms with van der Waals surface area (Å²) in [6.45, 7) is 12.6. The Morgan fingerprint density at radius 3 is 2.52 bits per heavy atom. The van der Waals surface area contributed by atoms with E-state index in [9.17, 15) is 4.79 Å². The van der Waals surface area contributed by atoms with Gasteiger partial charge in [0, 0.05) is 32.4 Å². The summed E-state index contributed by atoms with van der Waals surface area (Å²) in [6.07, 6.45) is 5.44. The Morgan fingerprint density at radius 2 is 1.88 bits per heavy atom. The number of primary amides is 1. The molecular formula is C20H32N4O. The molecule has 1 aromatic rings. The third-order valence-corrected chi connectivity index (χ3v) is 5.56. The molecule has 3 rings (SSSR count). The first kappa shape index (κ1) is 18.2. The van der Waals surface area contributed by atoms with Crippen molar-refractivity contribution < 1.29 is 4.79 Å². The summed E-state index contributed by atoms with van der Waals surface area (Å²) in [5.41, 5.74) is 6.42. The number of hydrogen-bond donors (Lipinski definition) is 1. The maximum absolute atomic E-state index is 11.6. The zero-order valence-corrected chi connectivity index (χ0v) is 15.9. The molecule has 5 nitrogen and oxygen atoms in total. The van der Waals surface area contributed by atoms with Crippen LogP contribution in [0.3, 0.4) is 0 Å². The number of hydrogen-bond acceptors (Lipinski definition) is 4. The fourth-order valence-corrected chi connectivity index (χ4v) is 4.49. The van der Waals surface area contributed by atoms with Crippen LogP contribution in [0, 0.1) is 17.3 Å². The van der Waals surface area contributed by atoms with Crippen molar-refractivity contribution >= 4 is 11.7 Å². The summed E-state index contributed by atoms with van der Waals surface area (Å²) in [5, 5.41) is 0. The van der Waals surface area contributed by atoms with Gasteiger partial charge in [0.05, 0.1) is 5.56 Å². The molecule has 0 aliphatic carbocycles. The maximum Gasteiger partial charge on any atom is 0.252 e. The zero-order chi connectivity index (χ0) is 18.0. The topological polar surface area (TPSA) is 62.5 Å². The minimum absolute atomic E-state index is 0.377. The van der Waals surface area contributed by atoms with Gasteiger partial charge in [-0.3, -0.25) is 4.79 Å². The molecule has 25 heavy (non-hydrogen) atoms. The van der Waals surface area contributed by atoms with E-state index >= 15 is 0 Å². The van der Waals surface area contributed by atoms with E-state index in [0.717, 1.165) is 30.7 Å². The molecular weight excluding hydrogens is 312 g/mol. The van der Waals surface area contributed by atoms with Gasteiger partial charge in [-0.2, -0.15) is 0 Å². The van der Waals surface area contributed by atoms with Gasteiger partial charge in [0.25, 0.3) is 5.91 Å². The fraction of sp³-hybridized carbons (Fsp3) is 0.700. The molecule has 0 radical (unpaired) electrons. The first-order valence-electron chi connectivity index (χ1n) is 9.55. The number of anilines is 1. The number of nitrogens with zero attached hydrogens (tertiary/aromatic N) is 3. The van der Waals surface area contributed by atoms with E-state index in [4.69, 9.17) is 5.73 Å². The molecule has 1 aromatic heterocycles. The first-order valence-corrected chi connectivity index (χ1v) is 9.55. The Bertz CT molecular complexity index is 602. The van der Waals surface area contributed by atoms with Crippen LogP contribution in [0.5, 0.6) is 0 Å². The smallest absolute Gasteiger partial charge is 0.252 e. The van der Waals surface area contributed by atoms with E-state index < -0.39 is 0 Å². The SMILES string of the molecule is CC(C)(C)CN1CCC(C2CCN(c3ncccc3C(N)=O)CC2)C1. The van der Waals surface area contributed by atoms with Crippen molar-refractivity contribution in [2.24, 2.45) is 23.0 Å². The van der Waals surface area contributed by atoms with Crippen molar-refractivity contribution in [3.8, 4) is 0 Å². The Kier molecular flexibility index (Phi) is 5.32. The first-order chi connectivity index (χ1) is 11.8. The lowest BCUT2D eigenvalue weighted by molar-refractivity contribution is 0.1000. The molecule has 1 atom stereocenters. The third-order valence-electron chi connectivity index (χ3n) is 5.56. The second-order valence-electron chi connectivity index (χ2n) is 8.91. The predicted octanol–water partition coefficient (Wildman–Crippen LogP) is 2.76. The van der Waals surface area contributed by atoms with Gasteiger partial charge >= 0.3 is 0 Å². The Labute approximate surface area is 151 Å². The Morgan fingerprint density at radius 1 is 1.20 bits per heavy atom. The van der Waals surface area contributed by atoms with Gasteiger partial charge in [0.1, 0.15) is 5.82 Å². The highest BCUT2D eigenvalue weighted by Crippen LogP contribution is 2.34. The van der Waals surface area contributed by atoms with Crippen LogP contribution in [-0.2, 0) is 0 Å². The standard InChI is InChI=1S/C20H32N4O/c1-20(2,3)14-23-10-6-16(13-23)15-7-11-24(12-8-15)19-17(18(21)25)5-4-9-22-19/h4-5,9,15-16H,6-8,10-14H2,1-3H3,(H2,21,25). The largest absolute Gasteiger partial charge is 0.365 e. The lowest BCUT2D eigenvalue weighted by Crippen LogP contribution is -2.38. The van der Waals surface area contributed by atoms with E-state index in [1.165, 1.54) is 38.9 Å². The van der Waals surface area contributed by atoms with Gasteiger partial charge in [-0.05, 0) is 55.2 Å². The fourth-order valence-electron chi connectivity index (χ4n) is 4.49. The molecule has 1 amide bonds. The Balaban J connectivity index is 1.56. The van der Waals surface area contributed by atoms with E-state index in [1.54, 1.807) is 18.3 Å². The van der Waals surface area contributed by atoms with Crippen LogP contribution in [0.4, 0.5) is 5.82 Å². The molecule has 5 heteroatoms. The molecule has 0 aromatic carbocycles. The monoisotopic (exact) mass is 344 g/mol. The summed E-state index contributed by atoms with van der Waals surface area (Å²) in [6, 6.07) is 3.55. The average molecular weight is 345 g/mol. The zero-order valence-electron chi connectivity index (χ0n) is 15.9. The average Bonchev–Trinajstić information content (AvgIpc) is 3.01. The molecule has 0 bridgehead atoms. The quantitative estimate of drug-likeness (QED) is 0.912. The minimum atomic E-state index is -0.390. The molecule has 138 valence electrons. The molecule has 0 spiro atoms. The lowest BCUT2D eigenvalue weighted by atomic mass is 9.83. The van der Waals surface area contributed by atoms with Crippen molar-refractivity contribution in [1.29, 1.82) is 0 Å². The number of carbonyl (C=O) groups excluding carboxylic acids is 1. The number of aromatic nitrogens is 1. The number of nitrogens with two attached hydrogens (primary N) is 1. The number of rotatable bonds is 4. The minimum Gasteiger partial charge on any atom is -0.365 e. The summed E-state index contributed by atoms with van der Waals surface area (Å²) in [4.78, 5) is 20.9. The van der Waals surface area contributed by atoms with Crippen LogP contribution in [0.25, 0.3) is 0 Å². The third kappa shape index (κ3) is 4.51. The summed E-state index contributed by atoms with van der Waals surface area (Å²) < 4.78 is 0. The van der Waals surface area contributed by atoms with Gasteiger partial charge in [0.2, 0.25) is 0 Å². The van der Waals surface area contributed by atoms with Gasteiger partial charge in [-0.15, -0.1) is 0 Å². The van der Waals surface area contributed by atoms with E-state index in [-0.39, 0.29) is 5.91 Å². The Hall–Kier alpha value is -1.62. The van der Waals surface area contributed by atoms with Crippen molar-refractivity contribution in [2.75, 3.05) is 37.6 Å². The molecule has 2 fully saturated rings. The number of piperidine rings is 1. The van der Waals surface area contributed by atoms with Crippen molar-refractivity contribution in [2.45, 2.75) is 40.0 Å². The summed E-state index contributed by atoms with van der Waals surface area (Å²) in [7, 11) is 0. The van der Waals surface area contributed by atoms with E-state index in [0.29, 0.717) is 11.0 Å². The van der Waals surface area contributed by atoms with Crippen LogP contribution >= 0.6 is 0 Å². The van der Waals surface area contributed by atoms with Gasteiger partial charge in [-0.25, -0.2) is 4.98 Å². The molecule has 1 unspecified atom stereocenters. The van der Waals surface area contributed by atoms with Crippen LogP contribution in [0.2, 0.25) is 0 Å². The van der Waals surface area contributed by atoms with Gasteiger partial charge in [0.15, 0.2) is 0 Å². The molecule has 3 heterocycles.